The van der Waals surface area contributed by atoms with Crippen LogP contribution in [0.25, 0.3) is 0 Å². The molecule has 0 bridgehead atoms. The molecule has 0 aromatic heterocycles. The molecule has 1 aromatic rings. The summed E-state index contributed by atoms with van der Waals surface area (Å²) in [6.07, 6.45) is 2.30. The maximum absolute atomic E-state index is 12.7. The van der Waals surface area contributed by atoms with Crippen molar-refractivity contribution < 1.29 is 9.59 Å². The molecule has 0 radical (unpaired) electrons. The van der Waals surface area contributed by atoms with E-state index in [1.54, 1.807) is 24.3 Å². The highest BCUT2D eigenvalue weighted by molar-refractivity contribution is 8.00. The Labute approximate surface area is 158 Å². The first-order chi connectivity index (χ1) is 11.9. The average molecular weight is 381 g/mol. The van der Waals surface area contributed by atoms with Gasteiger partial charge in [0, 0.05) is 42.4 Å². The number of rotatable bonds is 3. The van der Waals surface area contributed by atoms with Gasteiger partial charge < -0.3 is 9.80 Å². The highest BCUT2D eigenvalue weighted by atomic mass is 35.5. The van der Waals surface area contributed by atoms with Gasteiger partial charge in [-0.05, 0) is 43.0 Å². The number of hydrogen-bond donors (Lipinski definition) is 0. The van der Waals surface area contributed by atoms with Gasteiger partial charge in [0.15, 0.2) is 0 Å². The third-order valence-electron chi connectivity index (χ3n) is 4.98. The van der Waals surface area contributed by atoms with E-state index in [0.29, 0.717) is 36.0 Å². The second kappa shape index (κ2) is 7.58. The van der Waals surface area contributed by atoms with E-state index in [-0.39, 0.29) is 16.7 Å². The van der Waals surface area contributed by atoms with Crippen molar-refractivity contribution in [1.29, 1.82) is 0 Å². The molecule has 0 atom stereocenters. The number of amides is 2. The van der Waals surface area contributed by atoms with E-state index >= 15 is 0 Å². The van der Waals surface area contributed by atoms with Gasteiger partial charge in [0.25, 0.3) is 5.91 Å². The maximum Gasteiger partial charge on any atom is 0.253 e. The Morgan fingerprint density at radius 2 is 1.80 bits per heavy atom. The summed E-state index contributed by atoms with van der Waals surface area (Å²) in [5, 5.41) is 0.635. The van der Waals surface area contributed by atoms with Crippen LogP contribution < -0.4 is 0 Å². The predicted octanol–water partition coefficient (Wildman–Crippen LogP) is 3.89. The summed E-state index contributed by atoms with van der Waals surface area (Å²) in [5.74, 6) is 1.68. The summed E-state index contributed by atoms with van der Waals surface area (Å²) in [6, 6.07) is 7.05. The Hall–Kier alpha value is -1.20. The molecular weight excluding hydrogens is 356 g/mol. The molecule has 0 aliphatic carbocycles. The number of carbonyl (C=O) groups excluding carboxylic acids is 2. The monoisotopic (exact) mass is 380 g/mol. The van der Waals surface area contributed by atoms with Crippen molar-refractivity contribution in [1.82, 2.24) is 9.80 Å². The lowest BCUT2D eigenvalue weighted by Gasteiger charge is -2.44. The van der Waals surface area contributed by atoms with Gasteiger partial charge in [-0.3, -0.25) is 9.59 Å². The lowest BCUT2D eigenvalue weighted by molar-refractivity contribution is -0.135. The first-order valence-electron chi connectivity index (χ1n) is 8.90. The molecule has 0 N–H and O–H groups in total. The van der Waals surface area contributed by atoms with Gasteiger partial charge in [0.1, 0.15) is 0 Å². The van der Waals surface area contributed by atoms with Crippen molar-refractivity contribution in [2.75, 3.05) is 25.4 Å². The van der Waals surface area contributed by atoms with Gasteiger partial charge in [-0.2, -0.15) is 0 Å². The molecule has 2 heterocycles. The van der Waals surface area contributed by atoms with Crippen LogP contribution in [0.5, 0.6) is 0 Å². The van der Waals surface area contributed by atoms with Crippen LogP contribution in [-0.2, 0) is 4.79 Å². The van der Waals surface area contributed by atoms with E-state index in [9.17, 15) is 9.59 Å². The fraction of sp³-hybridized carbons (Fsp3) is 0.579. The van der Waals surface area contributed by atoms with E-state index in [0.717, 1.165) is 25.1 Å². The van der Waals surface area contributed by atoms with Crippen molar-refractivity contribution in [3.05, 3.63) is 34.9 Å². The molecule has 6 heteroatoms. The third kappa shape index (κ3) is 3.98. The van der Waals surface area contributed by atoms with Crippen LogP contribution in [0, 0.1) is 5.92 Å². The van der Waals surface area contributed by atoms with Gasteiger partial charge in [0.05, 0.1) is 4.87 Å². The number of nitrogens with zero attached hydrogens (tertiary/aromatic N) is 2. The zero-order valence-corrected chi connectivity index (χ0v) is 16.4. The lowest BCUT2D eigenvalue weighted by atomic mass is 9.99. The topological polar surface area (TPSA) is 40.6 Å². The molecule has 136 valence electrons. The van der Waals surface area contributed by atoms with Crippen LogP contribution in [0.1, 0.15) is 43.5 Å². The highest BCUT2D eigenvalue weighted by Gasteiger charge is 2.46. The van der Waals surface area contributed by atoms with E-state index < -0.39 is 0 Å². The molecule has 0 unspecified atom stereocenters. The van der Waals surface area contributed by atoms with E-state index in [2.05, 4.69) is 18.7 Å². The van der Waals surface area contributed by atoms with Crippen molar-refractivity contribution in [3.63, 3.8) is 0 Å². The quantitative estimate of drug-likeness (QED) is 0.798. The Bertz CT molecular complexity index is 639. The van der Waals surface area contributed by atoms with Gasteiger partial charge in [-0.1, -0.05) is 25.4 Å². The molecule has 1 spiro atoms. The van der Waals surface area contributed by atoms with Gasteiger partial charge in [-0.15, -0.1) is 11.8 Å². The Morgan fingerprint density at radius 1 is 1.16 bits per heavy atom. The summed E-state index contributed by atoms with van der Waals surface area (Å²) >= 11 is 7.79. The third-order valence-corrected chi connectivity index (χ3v) is 6.79. The fourth-order valence-electron chi connectivity index (χ4n) is 3.67. The van der Waals surface area contributed by atoms with Crippen LogP contribution >= 0.6 is 23.4 Å². The van der Waals surface area contributed by atoms with Crippen LogP contribution in [0.3, 0.4) is 0 Å². The Kier molecular flexibility index (Phi) is 5.64. The molecule has 2 fully saturated rings. The molecule has 4 nitrogen and oxygen atoms in total. The van der Waals surface area contributed by atoms with Crippen LogP contribution in [0.15, 0.2) is 24.3 Å². The molecular formula is C19H25ClN2O2S. The Morgan fingerprint density at radius 3 is 2.40 bits per heavy atom. The minimum Gasteiger partial charge on any atom is -0.338 e. The molecule has 2 saturated heterocycles. The summed E-state index contributed by atoms with van der Waals surface area (Å²) < 4.78 is 0. The molecule has 2 aliphatic rings. The molecule has 3 rings (SSSR count). The highest BCUT2D eigenvalue weighted by Crippen LogP contribution is 2.44. The smallest absolute Gasteiger partial charge is 0.253 e. The normalized spacial score (nSPS) is 19.7. The second-order valence-corrected chi connectivity index (χ2v) is 9.13. The fourth-order valence-corrected chi connectivity index (χ4v) is 5.27. The minimum atomic E-state index is -0.108. The summed E-state index contributed by atoms with van der Waals surface area (Å²) in [4.78, 5) is 29.2. The standard InChI is InChI=1S/C19H25ClN2O2S/c1-14(2)13-17(23)22-11-12-25-19(22)7-9-21(10-8-19)18(24)15-3-5-16(20)6-4-15/h3-6,14H,7-13H2,1-2H3. The zero-order valence-electron chi connectivity index (χ0n) is 14.8. The number of thioether (sulfide) groups is 1. The van der Waals surface area contributed by atoms with E-state index in [1.165, 1.54) is 0 Å². The van der Waals surface area contributed by atoms with Crippen molar-refractivity contribution in [2.45, 2.75) is 38.0 Å². The largest absolute Gasteiger partial charge is 0.338 e. The number of likely N-dealkylation sites (tertiary alicyclic amines) is 1. The number of halogens is 1. The lowest BCUT2D eigenvalue weighted by Crippen LogP contribution is -2.53. The van der Waals surface area contributed by atoms with Crippen molar-refractivity contribution in [2.24, 2.45) is 5.92 Å². The Balaban J connectivity index is 1.65. The molecule has 1 aromatic carbocycles. The predicted molar refractivity (Wildman–Crippen MR) is 103 cm³/mol. The molecule has 25 heavy (non-hydrogen) atoms. The van der Waals surface area contributed by atoms with Crippen LogP contribution in [0.4, 0.5) is 0 Å². The average Bonchev–Trinajstić information content (AvgIpc) is 2.98. The van der Waals surface area contributed by atoms with Gasteiger partial charge in [0.2, 0.25) is 5.91 Å². The van der Waals surface area contributed by atoms with Crippen molar-refractivity contribution in [3.8, 4) is 0 Å². The first kappa shape index (κ1) is 18.6. The zero-order chi connectivity index (χ0) is 18.0. The first-order valence-corrected chi connectivity index (χ1v) is 10.3. The number of piperidine rings is 1. The molecule has 2 aliphatic heterocycles. The maximum atomic E-state index is 12.7. The SMILES string of the molecule is CC(C)CC(=O)N1CCSC12CCN(C(=O)c1ccc(Cl)cc1)CC2. The summed E-state index contributed by atoms with van der Waals surface area (Å²) in [5.41, 5.74) is 0.673. The molecule has 2 amide bonds. The summed E-state index contributed by atoms with van der Waals surface area (Å²) in [6.45, 7) is 6.39. The molecule has 0 saturated carbocycles. The van der Waals surface area contributed by atoms with Crippen LogP contribution in [-0.4, -0.2) is 51.9 Å². The number of carbonyl (C=O) groups is 2. The number of hydrogen-bond acceptors (Lipinski definition) is 3. The van der Waals surface area contributed by atoms with E-state index in [1.807, 2.05) is 16.7 Å². The second-order valence-electron chi connectivity index (χ2n) is 7.24. The van der Waals surface area contributed by atoms with E-state index in [4.69, 9.17) is 11.6 Å². The van der Waals surface area contributed by atoms with Gasteiger partial charge >= 0.3 is 0 Å². The minimum absolute atomic E-state index is 0.0505. The van der Waals surface area contributed by atoms with Crippen LogP contribution in [0.2, 0.25) is 5.02 Å². The number of benzene rings is 1. The van der Waals surface area contributed by atoms with Crippen molar-refractivity contribution >= 4 is 35.2 Å². The summed E-state index contributed by atoms with van der Waals surface area (Å²) in [7, 11) is 0. The van der Waals surface area contributed by atoms with Gasteiger partial charge in [-0.25, -0.2) is 0 Å².